The molecule has 0 spiro atoms. The predicted octanol–water partition coefficient (Wildman–Crippen LogP) is 3.75. The number of nitrogens with zero attached hydrogens (tertiary/aromatic N) is 2. The summed E-state index contributed by atoms with van der Waals surface area (Å²) in [4.78, 5) is 28.4. The minimum absolute atomic E-state index is 0.249. The molecular weight excluding hydrogens is 368 g/mol. The van der Waals surface area contributed by atoms with Crippen LogP contribution in [-0.4, -0.2) is 22.0 Å². The minimum atomic E-state index is -0.529. The second kappa shape index (κ2) is 7.77. The average molecular weight is 384 g/mol. The molecule has 142 valence electrons. The third-order valence-electron chi connectivity index (χ3n) is 4.29. The molecule has 0 saturated heterocycles. The van der Waals surface area contributed by atoms with Crippen LogP contribution in [0.3, 0.4) is 0 Å². The van der Waals surface area contributed by atoms with Gasteiger partial charge in [0.25, 0.3) is 11.8 Å². The second-order valence-electron chi connectivity index (χ2n) is 6.23. The van der Waals surface area contributed by atoms with E-state index < -0.39 is 5.91 Å². The third-order valence-corrected chi connectivity index (χ3v) is 4.29. The lowest BCUT2D eigenvalue weighted by atomic mass is 10.1. The zero-order valence-corrected chi connectivity index (χ0v) is 15.2. The molecule has 7 heteroatoms. The van der Waals surface area contributed by atoms with Gasteiger partial charge >= 0.3 is 0 Å². The summed E-state index contributed by atoms with van der Waals surface area (Å²) < 4.78 is 5.40. The van der Waals surface area contributed by atoms with Gasteiger partial charge in [0.05, 0.1) is 11.1 Å². The molecule has 0 radical (unpaired) electrons. The molecule has 0 saturated carbocycles. The lowest BCUT2D eigenvalue weighted by Crippen LogP contribution is -2.14. The molecule has 0 aliphatic heterocycles. The van der Waals surface area contributed by atoms with E-state index in [-0.39, 0.29) is 11.8 Å². The van der Waals surface area contributed by atoms with Crippen LogP contribution < -0.4 is 11.1 Å². The van der Waals surface area contributed by atoms with Gasteiger partial charge in [0.15, 0.2) is 0 Å². The van der Waals surface area contributed by atoms with Gasteiger partial charge in [-0.2, -0.15) is 4.98 Å². The molecule has 0 aliphatic carbocycles. The van der Waals surface area contributed by atoms with Crippen LogP contribution in [-0.2, 0) is 0 Å². The Morgan fingerprint density at radius 3 is 2.28 bits per heavy atom. The number of nitrogens with one attached hydrogen (secondary N) is 1. The highest BCUT2D eigenvalue weighted by atomic mass is 16.5. The Labute approximate surface area is 166 Å². The maximum Gasteiger partial charge on any atom is 0.259 e. The SMILES string of the molecule is NC(=O)c1ccc(NC(=O)c2ccccc2-c2nc(-c3ccccc3)no2)cc1. The summed E-state index contributed by atoms with van der Waals surface area (Å²) in [6, 6.07) is 22.7. The van der Waals surface area contributed by atoms with Gasteiger partial charge in [-0.1, -0.05) is 47.6 Å². The highest BCUT2D eigenvalue weighted by molar-refractivity contribution is 6.08. The number of hydrogen-bond acceptors (Lipinski definition) is 5. The molecule has 0 unspecified atom stereocenters. The molecule has 1 aromatic heterocycles. The van der Waals surface area contributed by atoms with Crippen molar-refractivity contribution in [2.75, 3.05) is 5.32 Å². The van der Waals surface area contributed by atoms with E-state index in [9.17, 15) is 9.59 Å². The smallest absolute Gasteiger partial charge is 0.259 e. The number of carbonyl (C=O) groups is 2. The molecule has 29 heavy (non-hydrogen) atoms. The molecule has 2 amide bonds. The van der Waals surface area contributed by atoms with Crippen LogP contribution >= 0.6 is 0 Å². The Kier molecular flexibility index (Phi) is 4.86. The van der Waals surface area contributed by atoms with Crippen molar-refractivity contribution in [1.82, 2.24) is 10.1 Å². The van der Waals surface area contributed by atoms with Crippen LogP contribution in [0, 0.1) is 0 Å². The van der Waals surface area contributed by atoms with Crippen LogP contribution in [0.25, 0.3) is 22.8 Å². The van der Waals surface area contributed by atoms with Gasteiger partial charge in [0.1, 0.15) is 0 Å². The van der Waals surface area contributed by atoms with E-state index in [4.69, 9.17) is 10.3 Å². The van der Waals surface area contributed by atoms with Crippen molar-refractivity contribution in [3.05, 3.63) is 90.0 Å². The highest BCUT2D eigenvalue weighted by Crippen LogP contribution is 2.26. The Balaban J connectivity index is 1.61. The maximum absolute atomic E-state index is 12.8. The summed E-state index contributed by atoms with van der Waals surface area (Å²) in [6.45, 7) is 0. The molecule has 0 atom stereocenters. The monoisotopic (exact) mass is 384 g/mol. The second-order valence-corrected chi connectivity index (χ2v) is 6.23. The van der Waals surface area contributed by atoms with Gasteiger partial charge in [0.2, 0.25) is 11.7 Å². The quantitative estimate of drug-likeness (QED) is 0.544. The first-order valence-corrected chi connectivity index (χ1v) is 8.81. The van der Waals surface area contributed by atoms with Crippen molar-refractivity contribution in [1.29, 1.82) is 0 Å². The van der Waals surface area contributed by atoms with Crippen LogP contribution in [0.15, 0.2) is 83.4 Å². The Morgan fingerprint density at radius 1 is 0.862 bits per heavy atom. The largest absolute Gasteiger partial charge is 0.366 e. The van der Waals surface area contributed by atoms with Crippen LogP contribution in [0.2, 0.25) is 0 Å². The average Bonchev–Trinajstić information content (AvgIpc) is 3.25. The number of benzene rings is 3. The molecule has 0 aliphatic rings. The molecule has 3 aromatic carbocycles. The number of hydrogen-bond donors (Lipinski definition) is 2. The summed E-state index contributed by atoms with van der Waals surface area (Å²) in [5, 5.41) is 6.80. The van der Waals surface area contributed by atoms with E-state index in [0.29, 0.717) is 28.2 Å². The van der Waals surface area contributed by atoms with Crippen molar-refractivity contribution in [3.63, 3.8) is 0 Å². The molecule has 4 aromatic rings. The summed E-state index contributed by atoms with van der Waals surface area (Å²) in [6.07, 6.45) is 0. The Hall–Kier alpha value is -4.26. The standard InChI is InChI=1S/C22H16N4O3/c23-19(27)14-10-12-16(13-11-14)24-21(28)17-8-4-5-9-18(17)22-25-20(26-29-22)15-6-2-1-3-7-15/h1-13H,(H2,23,27)(H,24,28). The molecule has 7 nitrogen and oxygen atoms in total. The number of anilines is 1. The van der Waals surface area contributed by atoms with E-state index in [2.05, 4.69) is 15.5 Å². The number of carbonyl (C=O) groups excluding carboxylic acids is 2. The first-order chi connectivity index (χ1) is 14.1. The third kappa shape index (κ3) is 3.89. The van der Waals surface area contributed by atoms with Gasteiger partial charge in [-0.15, -0.1) is 0 Å². The summed E-state index contributed by atoms with van der Waals surface area (Å²) in [7, 11) is 0. The number of primary amides is 1. The van der Waals surface area contributed by atoms with E-state index in [1.54, 1.807) is 48.5 Å². The molecule has 0 bridgehead atoms. The van der Waals surface area contributed by atoms with Gasteiger partial charge in [-0.05, 0) is 36.4 Å². The van der Waals surface area contributed by atoms with Crippen molar-refractivity contribution in [2.24, 2.45) is 5.73 Å². The van der Waals surface area contributed by atoms with E-state index in [1.807, 2.05) is 30.3 Å². The van der Waals surface area contributed by atoms with Crippen LogP contribution in [0.4, 0.5) is 5.69 Å². The minimum Gasteiger partial charge on any atom is -0.366 e. The van der Waals surface area contributed by atoms with E-state index >= 15 is 0 Å². The van der Waals surface area contributed by atoms with Crippen LogP contribution in [0.1, 0.15) is 20.7 Å². The van der Waals surface area contributed by atoms with Crippen molar-refractivity contribution in [3.8, 4) is 22.8 Å². The first-order valence-electron chi connectivity index (χ1n) is 8.81. The van der Waals surface area contributed by atoms with Gasteiger partial charge < -0.3 is 15.6 Å². The fourth-order valence-corrected chi connectivity index (χ4v) is 2.82. The summed E-state index contributed by atoms with van der Waals surface area (Å²) in [5.41, 5.74) is 7.86. The fraction of sp³-hybridized carbons (Fsp3) is 0. The summed E-state index contributed by atoms with van der Waals surface area (Å²) >= 11 is 0. The zero-order chi connectivity index (χ0) is 20.2. The predicted molar refractivity (Wildman–Crippen MR) is 108 cm³/mol. The number of nitrogens with two attached hydrogens (primary N) is 1. The fourth-order valence-electron chi connectivity index (χ4n) is 2.82. The molecule has 4 rings (SSSR count). The van der Waals surface area contributed by atoms with E-state index in [0.717, 1.165) is 5.56 Å². The van der Waals surface area contributed by atoms with Gasteiger partial charge in [-0.25, -0.2) is 0 Å². The zero-order valence-electron chi connectivity index (χ0n) is 15.2. The first kappa shape index (κ1) is 18.1. The van der Waals surface area contributed by atoms with Gasteiger partial charge in [-0.3, -0.25) is 9.59 Å². The number of amides is 2. The Bertz CT molecular complexity index is 1170. The Morgan fingerprint density at radius 2 is 1.55 bits per heavy atom. The van der Waals surface area contributed by atoms with E-state index in [1.165, 1.54) is 0 Å². The molecular formula is C22H16N4O3. The van der Waals surface area contributed by atoms with Gasteiger partial charge in [0, 0.05) is 16.8 Å². The molecule has 0 fully saturated rings. The lowest BCUT2D eigenvalue weighted by molar-refractivity contribution is 0.0998. The normalized spacial score (nSPS) is 10.5. The summed E-state index contributed by atoms with van der Waals surface area (Å²) in [5.74, 6) is -0.178. The highest BCUT2D eigenvalue weighted by Gasteiger charge is 2.18. The number of rotatable bonds is 5. The van der Waals surface area contributed by atoms with Crippen molar-refractivity contribution < 1.29 is 14.1 Å². The molecule has 3 N–H and O–H groups in total. The molecule has 1 heterocycles. The van der Waals surface area contributed by atoms with Crippen molar-refractivity contribution >= 4 is 17.5 Å². The number of aromatic nitrogens is 2. The maximum atomic E-state index is 12.8. The van der Waals surface area contributed by atoms with Crippen LogP contribution in [0.5, 0.6) is 0 Å². The van der Waals surface area contributed by atoms with Crippen molar-refractivity contribution in [2.45, 2.75) is 0 Å². The topological polar surface area (TPSA) is 111 Å². The lowest BCUT2D eigenvalue weighted by Gasteiger charge is -2.08.